The number of nitrogens with zero attached hydrogens (tertiary/aromatic N) is 16. The van der Waals surface area contributed by atoms with Crippen LogP contribution in [0.25, 0.3) is 0 Å². The number of nitrogens with one attached hydrogen (secondary N) is 1. The first kappa shape index (κ1) is 155. The number of oxazole rings is 3. The first-order valence-electron chi connectivity index (χ1n) is 50.8. The predicted molar refractivity (Wildman–Crippen MR) is 604 cm³/mol. The molecule has 23 heteroatoms. The van der Waals surface area contributed by atoms with Crippen LogP contribution in [-0.4, -0.2) is 85.0 Å². The van der Waals surface area contributed by atoms with E-state index in [0.29, 0.717) is 76.9 Å². The Morgan fingerprint density at radius 3 is 1.03 bits per heavy atom. The van der Waals surface area contributed by atoms with E-state index in [1.54, 1.807) is 115 Å². The van der Waals surface area contributed by atoms with Crippen molar-refractivity contribution in [3.8, 4) is 0 Å². The standard InChI is InChI=1S/3C8H11N.3C7H10N2.C6H10N2.3C6H9NO.3C6H9NS.13C2H6/c1-7(2)8-3-5-9-6-4-8;1-7(2)8-4-3-5-9-6-8;1-7(2)8-5-3-4-6-9-8;1-6(2)7-5-8-3-4-9-7;1-6(2)7-3-4-8-5-9-7;1-6(2)7-8-4-3-5-9-7;1-5(2)6-3-4-7-8-6;1-5(2)6-3-8-4-7-6;1-5(2)6-3-7-4-8-6;1-5(2)6-7-3-4-8-6;1-5(2)6-3-8-4-7-6;1-5(2)6-3-7-4-8-6;1-5(2)6-7-3-4-8-6;13*1-2/h3*3-7H,1-2H3;3*3-6H,1-2H3;3-5H,1-2H3,(H,7,8);6*3-5H,1-2H3;13*1-2H3. The van der Waals surface area contributed by atoms with E-state index < -0.39 is 0 Å². The monoisotopic (exact) mass is 1940 g/mol. The quantitative estimate of drug-likeness (QED) is 0.112. The van der Waals surface area contributed by atoms with Gasteiger partial charge in [0.1, 0.15) is 30.4 Å². The van der Waals surface area contributed by atoms with Crippen LogP contribution < -0.4 is 0 Å². The van der Waals surface area contributed by atoms with Gasteiger partial charge in [-0.25, -0.2) is 44.9 Å². The Balaban J connectivity index is -0.000000107. The highest BCUT2D eigenvalue weighted by Crippen LogP contribution is 2.20. The van der Waals surface area contributed by atoms with E-state index in [4.69, 9.17) is 13.3 Å². The Labute approximate surface area is 849 Å². The van der Waals surface area contributed by atoms with Gasteiger partial charge in [-0.3, -0.25) is 35.0 Å². The fraction of sp³-hybridized carbons (Fsp3) is 0.575. The number of hydrogen-bond acceptors (Lipinski definition) is 22. The normalized spacial score (nSPS) is 8.86. The molecule has 0 aliphatic heterocycles. The molecule has 20 nitrogen and oxygen atoms in total. The third-order valence-corrected chi connectivity index (χ3v) is 17.4. The van der Waals surface area contributed by atoms with E-state index in [9.17, 15) is 0 Å². The van der Waals surface area contributed by atoms with Crippen LogP contribution in [0, 0.1) is 0 Å². The largest absolute Gasteiger partial charge is 0.451 e. The maximum absolute atomic E-state index is 4.98. The lowest BCUT2D eigenvalue weighted by molar-refractivity contribution is 0.471. The third kappa shape index (κ3) is 97.5. The van der Waals surface area contributed by atoms with Crippen LogP contribution in [0.3, 0.4) is 0 Å². The van der Waals surface area contributed by atoms with E-state index in [-0.39, 0.29) is 0 Å². The first-order valence-corrected chi connectivity index (χ1v) is 53.5. The summed E-state index contributed by atoms with van der Waals surface area (Å²) < 4.78 is 14.7. The van der Waals surface area contributed by atoms with Gasteiger partial charge in [-0.2, -0.15) is 5.10 Å². The lowest BCUT2D eigenvalue weighted by atomic mass is 10.1. The lowest BCUT2D eigenvalue weighted by Gasteiger charge is -2.01. The van der Waals surface area contributed by atoms with E-state index in [1.165, 1.54) is 45.2 Å². The van der Waals surface area contributed by atoms with Crippen molar-refractivity contribution in [3.63, 3.8) is 0 Å². The topological polar surface area (TPSA) is 261 Å². The summed E-state index contributed by atoms with van der Waals surface area (Å²) in [6.45, 7) is 107. The summed E-state index contributed by atoms with van der Waals surface area (Å²) in [7, 11) is 0. The third-order valence-electron chi connectivity index (χ3n) is 14.6. The molecule has 0 saturated heterocycles. The van der Waals surface area contributed by atoms with Gasteiger partial charge in [0, 0.05) is 143 Å². The van der Waals surface area contributed by atoms with Crippen LogP contribution >= 0.6 is 34.0 Å². The molecule has 0 bridgehead atoms. The molecule has 0 saturated carbocycles. The van der Waals surface area contributed by atoms with E-state index >= 15 is 0 Å². The molecule has 0 fully saturated rings. The molecule has 13 rings (SSSR count). The van der Waals surface area contributed by atoms with Crippen molar-refractivity contribution in [1.29, 1.82) is 0 Å². The highest BCUT2D eigenvalue weighted by atomic mass is 32.1. The Morgan fingerprint density at radius 1 is 0.279 bits per heavy atom. The van der Waals surface area contributed by atoms with Gasteiger partial charge in [-0.15, -0.1) is 34.0 Å². The van der Waals surface area contributed by atoms with Gasteiger partial charge in [0.05, 0.1) is 45.5 Å². The van der Waals surface area contributed by atoms with Gasteiger partial charge in [-0.05, 0) is 113 Å². The van der Waals surface area contributed by atoms with Gasteiger partial charge in [0.2, 0.25) is 0 Å². The molecular formula is C113H205N17O3S3. The average Bonchev–Trinajstić information content (AvgIpc) is 1.91. The zero-order valence-electron chi connectivity index (χ0n) is 96.3. The number of thiazole rings is 3. The Morgan fingerprint density at radius 2 is 0.794 bits per heavy atom. The van der Waals surface area contributed by atoms with E-state index in [1.807, 2.05) is 302 Å². The second-order valence-electron chi connectivity index (χ2n) is 28.6. The molecule has 0 spiro atoms. The van der Waals surface area contributed by atoms with Gasteiger partial charge in [0.25, 0.3) is 0 Å². The minimum absolute atomic E-state index is 0.407. The van der Waals surface area contributed by atoms with Gasteiger partial charge in [0.15, 0.2) is 18.7 Å². The molecule has 0 aliphatic rings. The minimum atomic E-state index is 0.407. The van der Waals surface area contributed by atoms with Crippen molar-refractivity contribution in [3.05, 3.63) is 286 Å². The lowest BCUT2D eigenvalue weighted by Crippen LogP contribution is -1.93. The number of aromatic amines is 1. The molecule has 0 unspecified atom stereocenters. The number of hydrogen-bond donors (Lipinski definition) is 1. The molecule has 0 radical (unpaired) electrons. The zero-order valence-corrected chi connectivity index (χ0v) is 98.8. The second-order valence-corrected chi connectivity index (χ2v) is 31.2. The molecule has 13 aromatic heterocycles. The summed E-state index contributed by atoms with van der Waals surface area (Å²) in [6, 6.07) is 19.9. The van der Waals surface area contributed by atoms with Crippen LogP contribution in [0.2, 0.25) is 0 Å². The van der Waals surface area contributed by atoms with Crippen LogP contribution in [0.15, 0.2) is 226 Å². The van der Waals surface area contributed by atoms with Crippen LogP contribution in [0.4, 0.5) is 0 Å². The SMILES string of the molecule is CC.CC.CC.CC.CC.CC.CC.CC.CC.CC.CC.CC.CC.CC(C)c1ccccn1.CC(C)c1cccnc1.CC(C)c1ccn[nH]1.CC(C)c1ccncc1.CC(C)c1ccncn1.CC(C)c1cnccn1.CC(C)c1cnco1.CC(C)c1cncs1.CC(C)c1cocn1.CC(C)c1cscn1.CC(C)c1ncccn1.CC(C)c1ncco1.CC(C)c1nccs1. The summed E-state index contributed by atoms with van der Waals surface area (Å²) in [5.41, 5.74) is 13.1. The number of aromatic nitrogens is 17. The minimum Gasteiger partial charge on any atom is -0.451 e. The van der Waals surface area contributed by atoms with Gasteiger partial charge in [-0.1, -0.05) is 372 Å². The molecule has 13 heterocycles. The van der Waals surface area contributed by atoms with Crippen LogP contribution in [0.5, 0.6) is 0 Å². The van der Waals surface area contributed by atoms with Crippen molar-refractivity contribution in [1.82, 2.24) is 85.0 Å². The van der Waals surface area contributed by atoms with Crippen LogP contribution in [0.1, 0.15) is 510 Å². The number of H-pyrrole nitrogens is 1. The first-order chi connectivity index (χ1) is 65.5. The highest BCUT2D eigenvalue weighted by Gasteiger charge is 2.06. The molecule has 1 N–H and O–H groups in total. The van der Waals surface area contributed by atoms with Crippen molar-refractivity contribution >= 4 is 34.0 Å². The molecular weight excluding hydrogens is 1740 g/mol. The second kappa shape index (κ2) is 121. The molecule has 0 amide bonds. The Bertz CT molecular complexity index is 3280. The fourth-order valence-corrected chi connectivity index (χ4v) is 9.71. The van der Waals surface area contributed by atoms with Crippen molar-refractivity contribution in [2.75, 3.05) is 0 Å². The summed E-state index contributed by atoms with van der Waals surface area (Å²) in [6.07, 6.45) is 36.4. The maximum atomic E-state index is 4.98. The molecule has 13 aromatic rings. The average molecular weight is 1950 g/mol. The maximum Gasteiger partial charge on any atom is 0.196 e. The van der Waals surface area contributed by atoms with E-state index in [0.717, 1.165) is 40.3 Å². The van der Waals surface area contributed by atoms with E-state index in [2.05, 4.69) is 263 Å². The van der Waals surface area contributed by atoms with Crippen molar-refractivity contribution in [2.45, 2.75) is 437 Å². The molecule has 0 aromatic carbocycles. The van der Waals surface area contributed by atoms with Crippen LogP contribution in [-0.2, 0) is 0 Å². The van der Waals surface area contributed by atoms with Crippen molar-refractivity contribution < 1.29 is 13.3 Å². The molecule has 0 aliphatic carbocycles. The summed E-state index contributed by atoms with van der Waals surface area (Å²) in [5.74, 6) is 9.59. The fourth-order valence-electron chi connectivity index (χ4n) is 7.71. The smallest absolute Gasteiger partial charge is 0.196 e. The zero-order chi connectivity index (χ0) is 108. The van der Waals surface area contributed by atoms with Crippen molar-refractivity contribution in [2.24, 2.45) is 0 Å². The number of rotatable bonds is 13. The summed E-state index contributed by atoms with van der Waals surface area (Å²) in [4.78, 5) is 61.5. The highest BCUT2D eigenvalue weighted by molar-refractivity contribution is 7.10. The Hall–Kier alpha value is -9.58. The molecule has 136 heavy (non-hydrogen) atoms. The predicted octanol–water partition coefficient (Wildman–Crippen LogP) is 38.5. The molecule has 778 valence electrons. The van der Waals surface area contributed by atoms with Gasteiger partial charge >= 0.3 is 0 Å². The Kier molecular flexibility index (Phi) is 138. The number of pyridine rings is 3. The summed E-state index contributed by atoms with van der Waals surface area (Å²) in [5, 5.41) is 12.0. The van der Waals surface area contributed by atoms with Gasteiger partial charge < -0.3 is 13.3 Å². The summed E-state index contributed by atoms with van der Waals surface area (Å²) >= 11 is 5.10. The molecule has 0 atom stereocenters.